The van der Waals surface area contributed by atoms with E-state index in [9.17, 15) is 0 Å². The Morgan fingerprint density at radius 1 is 1.39 bits per heavy atom. The molecule has 3 nitrogen and oxygen atoms in total. The Morgan fingerprint density at radius 3 is 2.67 bits per heavy atom. The molecule has 2 rings (SSSR count). The smallest absolute Gasteiger partial charge is 0.178 e. The van der Waals surface area contributed by atoms with Crippen molar-refractivity contribution >= 4 is 45.8 Å². The standard InChI is InChI=1S/C13H18IN3S/c1-13(2,16(3)4)8-17-11-6-5-9(14)7-10(11)15-12(17)18/h5-7H,8H2,1-4H3,(H,15,18). The van der Waals surface area contributed by atoms with Gasteiger partial charge in [-0.15, -0.1) is 0 Å². The summed E-state index contributed by atoms with van der Waals surface area (Å²) >= 11 is 7.75. The first-order valence-electron chi connectivity index (χ1n) is 5.87. The lowest BCUT2D eigenvalue weighted by molar-refractivity contribution is 0.170. The summed E-state index contributed by atoms with van der Waals surface area (Å²) in [7, 11) is 4.20. The lowest BCUT2D eigenvalue weighted by Crippen LogP contribution is -2.42. The molecule has 0 aliphatic heterocycles. The zero-order valence-corrected chi connectivity index (χ0v) is 14.1. The highest BCUT2D eigenvalue weighted by Crippen LogP contribution is 2.21. The molecule has 1 heterocycles. The molecule has 1 aromatic carbocycles. The first kappa shape index (κ1) is 14.0. The molecule has 2 aromatic rings. The minimum Gasteiger partial charge on any atom is -0.331 e. The molecule has 1 aromatic heterocycles. The third-order valence-corrected chi connectivity index (χ3v) is 4.49. The Kier molecular flexibility index (Phi) is 3.85. The summed E-state index contributed by atoms with van der Waals surface area (Å²) < 4.78 is 4.19. The van der Waals surface area contributed by atoms with Gasteiger partial charge in [-0.3, -0.25) is 0 Å². The van der Waals surface area contributed by atoms with E-state index in [1.807, 2.05) is 0 Å². The number of benzene rings is 1. The topological polar surface area (TPSA) is 24.0 Å². The quantitative estimate of drug-likeness (QED) is 0.654. The minimum atomic E-state index is 0.0658. The molecular formula is C13H18IN3S. The van der Waals surface area contributed by atoms with Gasteiger partial charge < -0.3 is 14.5 Å². The van der Waals surface area contributed by atoms with E-state index in [1.54, 1.807) is 0 Å². The zero-order chi connectivity index (χ0) is 13.5. The summed E-state index contributed by atoms with van der Waals surface area (Å²) in [6, 6.07) is 6.38. The lowest BCUT2D eigenvalue weighted by atomic mass is 10.0. The molecule has 0 amide bonds. The zero-order valence-electron chi connectivity index (χ0n) is 11.1. The molecule has 0 spiro atoms. The molecule has 0 bridgehead atoms. The number of rotatable bonds is 3. The molecule has 18 heavy (non-hydrogen) atoms. The molecule has 5 heteroatoms. The minimum absolute atomic E-state index is 0.0658. The van der Waals surface area contributed by atoms with Crippen molar-refractivity contribution in [2.24, 2.45) is 0 Å². The van der Waals surface area contributed by atoms with E-state index in [2.05, 4.69) is 83.2 Å². The van der Waals surface area contributed by atoms with Crippen molar-refractivity contribution in [3.8, 4) is 0 Å². The Balaban J connectivity index is 2.52. The highest BCUT2D eigenvalue weighted by atomic mass is 127. The fraction of sp³-hybridized carbons (Fsp3) is 0.462. The van der Waals surface area contributed by atoms with Crippen LogP contribution in [0.5, 0.6) is 0 Å². The Hall–Kier alpha value is -0.400. The van der Waals surface area contributed by atoms with Gasteiger partial charge in [-0.05, 0) is 81.0 Å². The van der Waals surface area contributed by atoms with Crippen LogP contribution in [0.25, 0.3) is 11.0 Å². The number of imidazole rings is 1. The molecule has 0 saturated carbocycles. The van der Waals surface area contributed by atoms with Crippen LogP contribution in [0.3, 0.4) is 0 Å². The van der Waals surface area contributed by atoms with Crippen LogP contribution in [0.15, 0.2) is 18.2 Å². The van der Waals surface area contributed by atoms with Gasteiger partial charge in [0.05, 0.1) is 11.0 Å². The third kappa shape index (κ3) is 2.62. The molecule has 98 valence electrons. The van der Waals surface area contributed by atoms with Crippen LogP contribution in [0.1, 0.15) is 13.8 Å². The van der Waals surface area contributed by atoms with Gasteiger partial charge in [0.25, 0.3) is 0 Å². The van der Waals surface area contributed by atoms with Crippen molar-refractivity contribution in [3.05, 3.63) is 26.5 Å². The van der Waals surface area contributed by atoms with E-state index < -0.39 is 0 Å². The average molecular weight is 375 g/mol. The molecule has 1 N–H and O–H groups in total. The fourth-order valence-corrected chi connectivity index (χ4v) is 2.59. The molecule has 0 fully saturated rings. The summed E-state index contributed by atoms with van der Waals surface area (Å²) in [5.74, 6) is 0. The number of hydrogen-bond acceptors (Lipinski definition) is 2. The maximum atomic E-state index is 5.44. The molecule has 0 radical (unpaired) electrons. The second kappa shape index (κ2) is 4.94. The first-order valence-corrected chi connectivity index (χ1v) is 7.35. The fourth-order valence-electron chi connectivity index (χ4n) is 1.82. The van der Waals surface area contributed by atoms with Gasteiger partial charge in [-0.2, -0.15) is 0 Å². The number of halogens is 1. The van der Waals surface area contributed by atoms with Gasteiger partial charge in [0.2, 0.25) is 0 Å². The summed E-state index contributed by atoms with van der Waals surface area (Å²) in [6.07, 6.45) is 0. The summed E-state index contributed by atoms with van der Waals surface area (Å²) in [5, 5.41) is 0. The molecule has 0 saturated heterocycles. The maximum absolute atomic E-state index is 5.44. The Morgan fingerprint density at radius 2 is 2.06 bits per heavy atom. The van der Waals surface area contributed by atoms with Crippen molar-refractivity contribution in [2.45, 2.75) is 25.9 Å². The Labute approximate surface area is 126 Å². The van der Waals surface area contributed by atoms with Crippen molar-refractivity contribution in [3.63, 3.8) is 0 Å². The van der Waals surface area contributed by atoms with E-state index in [0.717, 1.165) is 16.8 Å². The maximum Gasteiger partial charge on any atom is 0.178 e. The van der Waals surface area contributed by atoms with Crippen molar-refractivity contribution < 1.29 is 0 Å². The lowest BCUT2D eigenvalue weighted by Gasteiger charge is -2.33. The highest BCUT2D eigenvalue weighted by Gasteiger charge is 2.22. The summed E-state index contributed by atoms with van der Waals surface area (Å²) in [6.45, 7) is 5.32. The van der Waals surface area contributed by atoms with Gasteiger partial charge in [0.15, 0.2) is 4.77 Å². The number of likely N-dealkylation sites (N-methyl/N-ethyl adjacent to an activating group) is 1. The first-order chi connectivity index (χ1) is 8.31. The number of aromatic nitrogens is 2. The van der Waals surface area contributed by atoms with Crippen molar-refractivity contribution in [1.82, 2.24) is 14.5 Å². The predicted molar refractivity (Wildman–Crippen MR) is 87.6 cm³/mol. The predicted octanol–water partition coefficient (Wildman–Crippen LogP) is 3.64. The average Bonchev–Trinajstić information content (AvgIpc) is 2.54. The number of H-pyrrole nitrogens is 1. The second-order valence-corrected chi connectivity index (χ2v) is 7.02. The normalized spacial score (nSPS) is 12.6. The van der Waals surface area contributed by atoms with Crippen molar-refractivity contribution in [1.29, 1.82) is 0 Å². The number of nitrogens with zero attached hydrogens (tertiary/aromatic N) is 2. The third-order valence-electron chi connectivity index (χ3n) is 3.49. The molecular weight excluding hydrogens is 357 g/mol. The number of nitrogens with one attached hydrogen (secondary N) is 1. The van der Waals surface area contributed by atoms with E-state index in [4.69, 9.17) is 12.2 Å². The SMILES string of the molecule is CN(C)C(C)(C)Cn1c(=S)[nH]c2cc(I)ccc21. The van der Waals surface area contributed by atoms with Crippen molar-refractivity contribution in [2.75, 3.05) is 14.1 Å². The van der Waals surface area contributed by atoms with E-state index in [1.165, 1.54) is 9.09 Å². The van der Waals surface area contributed by atoms with Crippen LogP contribution in [0, 0.1) is 8.34 Å². The second-order valence-electron chi connectivity index (χ2n) is 5.38. The van der Waals surface area contributed by atoms with Crippen LogP contribution in [-0.2, 0) is 6.54 Å². The van der Waals surface area contributed by atoms with Crippen LogP contribution in [0.4, 0.5) is 0 Å². The van der Waals surface area contributed by atoms with E-state index >= 15 is 0 Å². The van der Waals surface area contributed by atoms with Crippen LogP contribution < -0.4 is 0 Å². The van der Waals surface area contributed by atoms with Gasteiger partial charge in [0, 0.05) is 15.7 Å². The van der Waals surface area contributed by atoms with Crippen LogP contribution >= 0.6 is 34.8 Å². The number of hydrogen-bond donors (Lipinski definition) is 1. The molecule has 0 unspecified atom stereocenters. The number of fused-ring (bicyclic) bond motifs is 1. The van der Waals surface area contributed by atoms with Crippen LogP contribution in [0.2, 0.25) is 0 Å². The summed E-state index contributed by atoms with van der Waals surface area (Å²) in [5.41, 5.74) is 2.35. The monoisotopic (exact) mass is 375 g/mol. The Bertz CT molecular complexity index is 625. The van der Waals surface area contributed by atoms with Gasteiger partial charge >= 0.3 is 0 Å². The molecule has 0 atom stereocenters. The molecule has 0 aliphatic carbocycles. The van der Waals surface area contributed by atoms with Gasteiger partial charge in [-0.1, -0.05) is 0 Å². The van der Waals surface area contributed by atoms with E-state index in [0.29, 0.717) is 0 Å². The van der Waals surface area contributed by atoms with Crippen LogP contribution in [-0.4, -0.2) is 34.1 Å². The number of aromatic amines is 1. The van der Waals surface area contributed by atoms with Gasteiger partial charge in [-0.25, -0.2) is 0 Å². The summed E-state index contributed by atoms with van der Waals surface area (Å²) in [4.78, 5) is 5.51. The van der Waals surface area contributed by atoms with Gasteiger partial charge in [0.1, 0.15) is 0 Å². The molecule has 0 aliphatic rings. The van der Waals surface area contributed by atoms with E-state index in [-0.39, 0.29) is 5.54 Å². The largest absolute Gasteiger partial charge is 0.331 e. The highest BCUT2D eigenvalue weighted by molar-refractivity contribution is 14.1.